The van der Waals surface area contributed by atoms with Crippen molar-refractivity contribution in [3.8, 4) is 11.5 Å². The van der Waals surface area contributed by atoms with Gasteiger partial charge in [0.25, 0.3) is 0 Å². The Hall–Kier alpha value is -2.68. The van der Waals surface area contributed by atoms with Gasteiger partial charge in [-0.2, -0.15) is 0 Å². The van der Waals surface area contributed by atoms with Crippen LogP contribution in [0.5, 0.6) is 11.5 Å². The van der Waals surface area contributed by atoms with Gasteiger partial charge >= 0.3 is 11.9 Å². The monoisotopic (exact) mass is 467 g/mol. The summed E-state index contributed by atoms with van der Waals surface area (Å²) in [5.74, 6) is -1.47. The molecule has 0 unspecified atom stereocenters. The average Bonchev–Trinajstić information content (AvgIpc) is 2.74. The minimum absolute atomic E-state index is 0.0183. The normalized spacial score (nSPS) is 13.9. The van der Waals surface area contributed by atoms with Gasteiger partial charge in [0, 0.05) is 32.2 Å². The summed E-state index contributed by atoms with van der Waals surface area (Å²) in [5.41, 5.74) is -0.0183. The number of pyridine rings is 1. The van der Waals surface area contributed by atoms with Gasteiger partial charge in [-0.05, 0) is 18.8 Å². The van der Waals surface area contributed by atoms with Crippen LogP contribution < -0.4 is 9.47 Å². The summed E-state index contributed by atoms with van der Waals surface area (Å²) in [7, 11) is 1.41. The van der Waals surface area contributed by atoms with Gasteiger partial charge in [0.1, 0.15) is 6.10 Å². The number of carbonyl (C=O) groups excluding carboxylic acids is 3. The maximum Gasteiger partial charge on any atom is 0.309 e. The number of rotatable bonds is 14. The van der Waals surface area contributed by atoms with Crippen molar-refractivity contribution in [1.29, 1.82) is 0 Å². The number of aromatic nitrogens is 1. The van der Waals surface area contributed by atoms with Crippen molar-refractivity contribution in [3.05, 3.63) is 18.0 Å². The third-order valence-corrected chi connectivity index (χ3v) is 4.78. The lowest BCUT2D eigenvalue weighted by Gasteiger charge is -2.29. The zero-order chi connectivity index (χ0) is 25.1. The lowest BCUT2D eigenvalue weighted by atomic mass is 10.00. The molecule has 9 heteroatoms. The van der Waals surface area contributed by atoms with Gasteiger partial charge in [0.15, 0.2) is 23.0 Å². The first-order chi connectivity index (χ1) is 15.5. The van der Waals surface area contributed by atoms with E-state index in [0.717, 1.165) is 0 Å². The zero-order valence-electron chi connectivity index (χ0n) is 20.9. The Bertz CT molecular complexity index is 793. The summed E-state index contributed by atoms with van der Waals surface area (Å²) in [5, 5.41) is 0. The number of Topliss-reactive ketones (excluding diaryl/α,β-unsaturated/α-hetero) is 1. The van der Waals surface area contributed by atoms with E-state index in [1.54, 1.807) is 6.92 Å². The first-order valence-corrected chi connectivity index (χ1v) is 11.1. The van der Waals surface area contributed by atoms with Crippen LogP contribution in [0.25, 0.3) is 0 Å². The molecule has 0 saturated heterocycles. The smallest absolute Gasteiger partial charge is 0.309 e. The van der Waals surface area contributed by atoms with E-state index in [1.807, 2.05) is 34.6 Å². The van der Waals surface area contributed by atoms with E-state index in [0.29, 0.717) is 12.5 Å². The number of ether oxygens (including phenoxy) is 5. The Balaban J connectivity index is 2.89. The van der Waals surface area contributed by atoms with Crippen LogP contribution in [0.15, 0.2) is 12.3 Å². The van der Waals surface area contributed by atoms with E-state index in [-0.39, 0.29) is 35.6 Å². The molecule has 0 aliphatic heterocycles. The summed E-state index contributed by atoms with van der Waals surface area (Å²) in [6.07, 6.45) is 0.539. The van der Waals surface area contributed by atoms with Crippen molar-refractivity contribution in [2.24, 2.45) is 17.8 Å². The number of esters is 2. The fraction of sp³-hybridized carbons (Fsp3) is 0.667. The number of hydrogen-bond acceptors (Lipinski definition) is 9. The second-order valence-electron chi connectivity index (χ2n) is 8.70. The Labute approximate surface area is 196 Å². The fourth-order valence-electron chi connectivity index (χ4n) is 3.02. The van der Waals surface area contributed by atoms with Crippen LogP contribution >= 0.6 is 0 Å². The molecule has 0 aromatic carbocycles. The van der Waals surface area contributed by atoms with Crippen molar-refractivity contribution in [2.75, 3.05) is 20.5 Å². The Morgan fingerprint density at radius 3 is 2.27 bits per heavy atom. The van der Waals surface area contributed by atoms with Gasteiger partial charge in [-0.25, -0.2) is 4.98 Å². The first kappa shape index (κ1) is 28.4. The van der Waals surface area contributed by atoms with Crippen molar-refractivity contribution < 1.29 is 38.1 Å². The van der Waals surface area contributed by atoms with E-state index in [9.17, 15) is 14.4 Å². The highest BCUT2D eigenvalue weighted by atomic mass is 16.7. The van der Waals surface area contributed by atoms with E-state index in [2.05, 4.69) is 4.98 Å². The van der Waals surface area contributed by atoms with E-state index in [4.69, 9.17) is 23.7 Å². The minimum atomic E-state index is -0.717. The molecule has 0 saturated carbocycles. The highest BCUT2D eigenvalue weighted by Crippen LogP contribution is 2.31. The number of carbonyl (C=O) groups is 3. The van der Waals surface area contributed by atoms with Crippen LogP contribution in [0.4, 0.5) is 0 Å². The lowest BCUT2D eigenvalue weighted by Crippen LogP contribution is -2.38. The average molecular weight is 468 g/mol. The molecule has 1 heterocycles. The van der Waals surface area contributed by atoms with Gasteiger partial charge in [0.05, 0.1) is 19.1 Å². The molecule has 1 rings (SSSR count). The molecule has 0 amide bonds. The molecule has 1 aromatic heterocycles. The molecule has 186 valence electrons. The number of ketones is 1. The number of nitrogens with zero attached hydrogens (tertiary/aromatic N) is 1. The Morgan fingerprint density at radius 1 is 1.06 bits per heavy atom. The number of hydrogen-bond donors (Lipinski definition) is 0. The maximum absolute atomic E-state index is 12.9. The van der Waals surface area contributed by atoms with Crippen molar-refractivity contribution in [2.45, 2.75) is 67.1 Å². The highest BCUT2D eigenvalue weighted by Gasteiger charge is 2.30. The summed E-state index contributed by atoms with van der Waals surface area (Å²) in [6, 6.07) is 1.52. The van der Waals surface area contributed by atoms with Crippen LogP contribution in [-0.4, -0.2) is 55.4 Å². The van der Waals surface area contributed by atoms with E-state index in [1.165, 1.54) is 26.3 Å². The third kappa shape index (κ3) is 9.37. The quantitative estimate of drug-likeness (QED) is 0.229. The largest absolute Gasteiger partial charge is 0.493 e. The van der Waals surface area contributed by atoms with Crippen molar-refractivity contribution in [1.82, 2.24) is 4.98 Å². The molecule has 0 N–H and O–H groups in total. The number of methoxy groups -OCH3 is 1. The predicted octanol–water partition coefficient (Wildman–Crippen LogP) is 3.83. The summed E-state index contributed by atoms with van der Waals surface area (Å²) in [6.45, 7) is 12.9. The molecule has 0 aliphatic carbocycles. The predicted molar refractivity (Wildman–Crippen MR) is 121 cm³/mol. The van der Waals surface area contributed by atoms with Crippen molar-refractivity contribution >= 4 is 17.7 Å². The van der Waals surface area contributed by atoms with Crippen LogP contribution in [0.1, 0.15) is 65.4 Å². The zero-order valence-corrected chi connectivity index (χ0v) is 20.9. The fourth-order valence-corrected chi connectivity index (χ4v) is 3.02. The Kier molecular flexibility index (Phi) is 11.8. The molecule has 3 atom stereocenters. The highest BCUT2D eigenvalue weighted by molar-refractivity contribution is 5.99. The molecule has 0 fully saturated rings. The van der Waals surface area contributed by atoms with Gasteiger partial charge in [0.2, 0.25) is 6.79 Å². The molecule has 0 bridgehead atoms. The van der Waals surface area contributed by atoms with E-state index < -0.39 is 36.5 Å². The minimum Gasteiger partial charge on any atom is -0.493 e. The molecule has 0 aliphatic rings. The topological polar surface area (TPSA) is 110 Å². The molecular formula is C24H37NO8. The van der Waals surface area contributed by atoms with Crippen LogP contribution in [0, 0.1) is 17.8 Å². The Morgan fingerprint density at radius 2 is 1.73 bits per heavy atom. The summed E-state index contributed by atoms with van der Waals surface area (Å²) in [4.78, 5) is 40.8. The van der Waals surface area contributed by atoms with Crippen molar-refractivity contribution in [3.63, 3.8) is 0 Å². The molecule has 9 nitrogen and oxygen atoms in total. The van der Waals surface area contributed by atoms with Crippen LogP contribution in [0.2, 0.25) is 0 Å². The van der Waals surface area contributed by atoms with Gasteiger partial charge in [-0.3, -0.25) is 14.4 Å². The second kappa shape index (κ2) is 13.8. The molecule has 0 spiro atoms. The summed E-state index contributed by atoms with van der Waals surface area (Å²) >= 11 is 0. The first-order valence-electron chi connectivity index (χ1n) is 11.1. The van der Waals surface area contributed by atoms with Gasteiger partial charge < -0.3 is 23.7 Å². The van der Waals surface area contributed by atoms with Crippen LogP contribution in [0.3, 0.4) is 0 Å². The van der Waals surface area contributed by atoms with Gasteiger partial charge in [-0.15, -0.1) is 0 Å². The molecule has 1 aromatic rings. The lowest BCUT2D eigenvalue weighted by molar-refractivity contribution is -0.165. The standard InChI is InChI=1S/C24H37NO8/c1-14(2)12-30-17(6)22(15(3)4)33-24(28)16(5)11-19(27)21-23(32-13-31-18(7)26)20(29-8)9-10-25-21/h9-10,14-17,22H,11-13H2,1-8H3/t16-,17+,22+/m1/s1. The van der Waals surface area contributed by atoms with Crippen LogP contribution in [-0.2, 0) is 23.8 Å². The van der Waals surface area contributed by atoms with E-state index >= 15 is 0 Å². The SMILES string of the molecule is COc1ccnc(C(=O)C[C@@H](C)C(=O)O[C@@H](C(C)C)[C@H](C)OCC(C)C)c1OCOC(C)=O. The summed E-state index contributed by atoms with van der Waals surface area (Å²) < 4.78 is 27.0. The maximum atomic E-state index is 12.9. The second-order valence-corrected chi connectivity index (χ2v) is 8.70. The molecular weight excluding hydrogens is 430 g/mol. The molecule has 33 heavy (non-hydrogen) atoms. The molecule has 0 radical (unpaired) electrons. The third-order valence-electron chi connectivity index (χ3n) is 4.78. The van der Waals surface area contributed by atoms with Gasteiger partial charge in [-0.1, -0.05) is 34.6 Å².